The van der Waals surface area contributed by atoms with Gasteiger partial charge in [-0.25, -0.2) is 9.69 Å². The maximum atomic E-state index is 14.3. The monoisotopic (exact) mass is 552 g/mol. The number of fused-ring (bicyclic) bond motifs is 4. The topological polar surface area (TPSA) is 85.5 Å². The Bertz CT molecular complexity index is 1660. The third-order valence-corrected chi connectivity index (χ3v) is 8.78. The molecule has 2 fully saturated rings. The van der Waals surface area contributed by atoms with Crippen LogP contribution in [0.5, 0.6) is 0 Å². The van der Waals surface area contributed by atoms with Gasteiger partial charge in [0, 0.05) is 34.1 Å². The lowest BCUT2D eigenvalue weighted by molar-refractivity contribution is -0.120. The minimum Gasteiger partial charge on any atom is -0.356 e. The Balaban J connectivity index is 1.31. The summed E-state index contributed by atoms with van der Waals surface area (Å²) in [6, 6.07) is 20.7. The van der Waals surface area contributed by atoms with E-state index in [1.807, 2.05) is 42.5 Å². The van der Waals surface area contributed by atoms with Gasteiger partial charge in [-0.15, -0.1) is 0 Å². The highest BCUT2D eigenvalue weighted by Crippen LogP contribution is 2.45. The quantitative estimate of drug-likeness (QED) is 0.289. The first-order valence-corrected chi connectivity index (χ1v) is 14.3. The number of hydrogen-bond donors (Lipinski definition) is 2. The number of urea groups is 1. The Morgan fingerprint density at radius 2 is 1.70 bits per heavy atom. The first kappa shape index (κ1) is 24.9. The first-order valence-electron chi connectivity index (χ1n) is 13.9. The molecule has 1 aliphatic carbocycles. The van der Waals surface area contributed by atoms with E-state index in [2.05, 4.69) is 10.3 Å². The summed E-state index contributed by atoms with van der Waals surface area (Å²) in [7, 11) is 0. The van der Waals surface area contributed by atoms with Crippen LogP contribution in [-0.4, -0.2) is 39.8 Å². The van der Waals surface area contributed by atoms with E-state index in [9.17, 15) is 14.4 Å². The minimum atomic E-state index is -0.711. The summed E-state index contributed by atoms with van der Waals surface area (Å²) in [5.74, 6) is -0.582. The fraction of sp³-hybridized carbons (Fsp3) is 0.281. The van der Waals surface area contributed by atoms with E-state index in [-0.39, 0.29) is 17.9 Å². The lowest BCUT2D eigenvalue weighted by Crippen LogP contribution is -2.44. The van der Waals surface area contributed by atoms with Crippen LogP contribution in [0.1, 0.15) is 65.3 Å². The van der Waals surface area contributed by atoms with Gasteiger partial charge in [-0.2, -0.15) is 0 Å². The molecule has 0 spiro atoms. The number of H-pyrrole nitrogens is 1. The fourth-order valence-corrected chi connectivity index (χ4v) is 6.89. The van der Waals surface area contributed by atoms with E-state index < -0.39 is 18.1 Å². The van der Waals surface area contributed by atoms with E-state index in [1.54, 1.807) is 35.2 Å². The molecule has 3 aromatic carbocycles. The van der Waals surface area contributed by atoms with Crippen molar-refractivity contribution in [3.8, 4) is 0 Å². The molecule has 2 atom stereocenters. The average molecular weight is 553 g/mol. The normalized spacial score (nSPS) is 21.0. The minimum absolute atomic E-state index is 0.108. The number of carbonyl (C=O) groups is 3. The number of halogens is 1. The van der Waals surface area contributed by atoms with Gasteiger partial charge in [0.15, 0.2) is 0 Å². The Hall–Kier alpha value is -4.10. The predicted molar refractivity (Wildman–Crippen MR) is 155 cm³/mol. The molecule has 2 aliphatic heterocycles. The zero-order valence-electron chi connectivity index (χ0n) is 21.9. The average Bonchev–Trinajstić information content (AvgIpc) is 3.46. The summed E-state index contributed by atoms with van der Waals surface area (Å²) < 4.78 is 0. The maximum Gasteiger partial charge on any atom is 0.332 e. The fourth-order valence-electron chi connectivity index (χ4n) is 6.69. The summed E-state index contributed by atoms with van der Waals surface area (Å²) >= 11 is 6.40. The molecule has 0 unspecified atom stereocenters. The second kappa shape index (κ2) is 9.82. The number of benzene rings is 3. The van der Waals surface area contributed by atoms with Crippen LogP contribution >= 0.6 is 11.6 Å². The zero-order chi connectivity index (χ0) is 27.4. The van der Waals surface area contributed by atoms with Crippen LogP contribution in [0.15, 0.2) is 72.8 Å². The Labute approximate surface area is 237 Å². The molecule has 2 N–H and O–H groups in total. The number of hydrogen-bond acceptors (Lipinski definition) is 3. The van der Waals surface area contributed by atoms with Crippen molar-refractivity contribution in [3.63, 3.8) is 0 Å². The van der Waals surface area contributed by atoms with Crippen LogP contribution in [0.25, 0.3) is 10.9 Å². The van der Waals surface area contributed by atoms with Crippen LogP contribution in [-0.2, 0) is 11.2 Å². The number of carbonyl (C=O) groups excluding carboxylic acids is 3. The molecule has 3 heterocycles. The van der Waals surface area contributed by atoms with Crippen LogP contribution in [0.2, 0.25) is 5.02 Å². The van der Waals surface area contributed by atoms with E-state index in [1.165, 1.54) is 11.3 Å². The molecule has 40 heavy (non-hydrogen) atoms. The van der Waals surface area contributed by atoms with Gasteiger partial charge in [0.1, 0.15) is 12.1 Å². The van der Waals surface area contributed by atoms with E-state index >= 15 is 0 Å². The number of imide groups is 1. The number of para-hydroxylation sites is 2. The van der Waals surface area contributed by atoms with Crippen molar-refractivity contribution in [3.05, 3.63) is 100 Å². The molecular weight excluding hydrogens is 524 g/mol. The SMILES string of the molecule is O=C(NC1CCCCC1)c1ccccc1N1C(=O)[C@@H]2Cc3c([nH]c4ccccc34)[C@@H](c3cccc(Cl)c3)N2C1=O. The second-order valence-electron chi connectivity index (χ2n) is 10.9. The molecule has 0 bridgehead atoms. The van der Waals surface area contributed by atoms with Crippen molar-refractivity contribution in [2.75, 3.05) is 4.90 Å². The van der Waals surface area contributed by atoms with E-state index in [4.69, 9.17) is 11.6 Å². The summed E-state index contributed by atoms with van der Waals surface area (Å²) in [6.07, 6.45) is 5.63. The number of aromatic nitrogens is 1. The van der Waals surface area contributed by atoms with Crippen molar-refractivity contribution in [2.45, 2.75) is 56.7 Å². The van der Waals surface area contributed by atoms with Crippen LogP contribution in [0, 0.1) is 0 Å². The lowest BCUT2D eigenvalue weighted by Gasteiger charge is -2.36. The van der Waals surface area contributed by atoms with Crippen molar-refractivity contribution >= 4 is 46.0 Å². The molecule has 1 aromatic heterocycles. The van der Waals surface area contributed by atoms with Gasteiger partial charge < -0.3 is 10.3 Å². The van der Waals surface area contributed by atoms with Gasteiger partial charge in [-0.05, 0) is 54.3 Å². The zero-order valence-corrected chi connectivity index (χ0v) is 22.7. The highest BCUT2D eigenvalue weighted by atomic mass is 35.5. The van der Waals surface area contributed by atoms with Crippen LogP contribution < -0.4 is 10.2 Å². The van der Waals surface area contributed by atoms with Gasteiger partial charge in [0.25, 0.3) is 11.8 Å². The summed E-state index contributed by atoms with van der Waals surface area (Å²) in [6.45, 7) is 0. The molecule has 1 saturated heterocycles. The third kappa shape index (κ3) is 3.99. The predicted octanol–water partition coefficient (Wildman–Crippen LogP) is 6.37. The molecule has 8 heteroatoms. The molecule has 4 aromatic rings. The molecule has 1 saturated carbocycles. The molecular formula is C32H29ClN4O3. The first-order chi connectivity index (χ1) is 19.5. The molecule has 7 rings (SSSR count). The maximum absolute atomic E-state index is 14.3. The highest BCUT2D eigenvalue weighted by Gasteiger charge is 2.53. The van der Waals surface area contributed by atoms with Crippen molar-refractivity contribution in [2.24, 2.45) is 0 Å². The van der Waals surface area contributed by atoms with Crippen LogP contribution in [0.3, 0.4) is 0 Å². The number of anilines is 1. The second-order valence-corrected chi connectivity index (χ2v) is 11.4. The molecule has 7 nitrogen and oxygen atoms in total. The molecule has 0 radical (unpaired) electrons. The smallest absolute Gasteiger partial charge is 0.332 e. The standard InChI is InChI=1S/C32H29ClN4O3/c33-20-10-8-9-19(17-20)29-28-24(22-13-4-6-15-25(22)35-28)18-27-31(39)37(32(40)36(27)29)26-16-7-5-14-23(26)30(38)34-21-11-2-1-3-12-21/h4-10,13-17,21,27,29,35H,1-3,11-12,18H2,(H,34,38)/t27-,29+/m0/s1. The highest BCUT2D eigenvalue weighted by molar-refractivity contribution is 6.30. The number of rotatable bonds is 4. The molecule has 3 aliphatic rings. The van der Waals surface area contributed by atoms with Crippen molar-refractivity contribution < 1.29 is 14.4 Å². The lowest BCUT2D eigenvalue weighted by atomic mass is 9.89. The van der Waals surface area contributed by atoms with Gasteiger partial charge >= 0.3 is 6.03 Å². The number of nitrogens with zero attached hydrogens (tertiary/aromatic N) is 2. The van der Waals surface area contributed by atoms with Crippen LogP contribution in [0.4, 0.5) is 10.5 Å². The van der Waals surface area contributed by atoms with E-state index in [0.717, 1.165) is 53.4 Å². The Kier molecular flexibility index (Phi) is 6.12. The third-order valence-electron chi connectivity index (χ3n) is 8.54. The summed E-state index contributed by atoms with van der Waals surface area (Å²) in [5.41, 5.74) is 4.33. The van der Waals surface area contributed by atoms with E-state index in [0.29, 0.717) is 22.7 Å². The Morgan fingerprint density at radius 3 is 2.52 bits per heavy atom. The molecule has 4 amide bonds. The number of amides is 4. The van der Waals surface area contributed by atoms with Gasteiger partial charge in [0.2, 0.25) is 0 Å². The van der Waals surface area contributed by atoms with Gasteiger partial charge in [-0.1, -0.05) is 73.3 Å². The largest absolute Gasteiger partial charge is 0.356 e. The summed E-state index contributed by atoms with van der Waals surface area (Å²) in [4.78, 5) is 48.2. The van der Waals surface area contributed by atoms with Gasteiger partial charge in [0.05, 0.1) is 11.3 Å². The Morgan fingerprint density at radius 1 is 0.925 bits per heavy atom. The van der Waals surface area contributed by atoms with Gasteiger partial charge in [-0.3, -0.25) is 14.5 Å². The molecule has 202 valence electrons. The van der Waals surface area contributed by atoms with Crippen molar-refractivity contribution in [1.82, 2.24) is 15.2 Å². The number of nitrogens with one attached hydrogen (secondary N) is 2. The summed E-state index contributed by atoms with van der Waals surface area (Å²) in [5, 5.41) is 4.73. The van der Waals surface area contributed by atoms with Crippen molar-refractivity contribution in [1.29, 1.82) is 0 Å². The number of aromatic amines is 1.